The molecule has 0 radical (unpaired) electrons. The van der Waals surface area contributed by atoms with Gasteiger partial charge in [-0.1, -0.05) is 29.8 Å². The SMILES string of the molecule is Cc1cccc(CNCCC2CCCN2C(=O)OC(C)(C)C)c1. The molecule has 1 aliphatic heterocycles. The van der Waals surface area contributed by atoms with Gasteiger partial charge in [-0.05, 0) is 59.1 Å². The molecule has 0 saturated carbocycles. The normalized spacial score (nSPS) is 18.3. The summed E-state index contributed by atoms with van der Waals surface area (Å²) in [7, 11) is 0. The Morgan fingerprint density at radius 1 is 1.39 bits per heavy atom. The molecule has 1 aromatic carbocycles. The van der Waals surface area contributed by atoms with Gasteiger partial charge in [0.2, 0.25) is 0 Å². The first-order chi connectivity index (χ1) is 10.8. The highest BCUT2D eigenvalue weighted by molar-refractivity contribution is 5.68. The lowest BCUT2D eigenvalue weighted by Crippen LogP contribution is -2.40. The lowest BCUT2D eigenvalue weighted by molar-refractivity contribution is 0.0220. The van der Waals surface area contributed by atoms with Crippen molar-refractivity contribution in [3.63, 3.8) is 0 Å². The molecule has 1 atom stereocenters. The number of benzene rings is 1. The maximum absolute atomic E-state index is 12.2. The molecule has 23 heavy (non-hydrogen) atoms. The summed E-state index contributed by atoms with van der Waals surface area (Å²) in [6, 6.07) is 8.85. The maximum Gasteiger partial charge on any atom is 0.410 e. The quantitative estimate of drug-likeness (QED) is 0.838. The van der Waals surface area contributed by atoms with Gasteiger partial charge in [0.25, 0.3) is 0 Å². The first-order valence-corrected chi connectivity index (χ1v) is 8.61. The zero-order chi connectivity index (χ0) is 16.9. The third-order valence-corrected chi connectivity index (χ3v) is 4.07. The minimum absolute atomic E-state index is 0.168. The molecule has 4 heteroatoms. The van der Waals surface area contributed by atoms with E-state index in [4.69, 9.17) is 4.74 Å². The van der Waals surface area contributed by atoms with Gasteiger partial charge in [0.05, 0.1) is 0 Å². The van der Waals surface area contributed by atoms with E-state index in [9.17, 15) is 4.79 Å². The summed E-state index contributed by atoms with van der Waals surface area (Å²) in [6.45, 7) is 10.5. The Morgan fingerprint density at radius 3 is 2.87 bits per heavy atom. The number of ether oxygens (including phenoxy) is 1. The van der Waals surface area contributed by atoms with E-state index in [2.05, 4.69) is 36.5 Å². The fourth-order valence-electron chi connectivity index (χ4n) is 3.02. The molecule has 0 spiro atoms. The molecule has 1 fully saturated rings. The number of nitrogens with one attached hydrogen (secondary N) is 1. The van der Waals surface area contributed by atoms with Crippen molar-refractivity contribution in [3.8, 4) is 0 Å². The topological polar surface area (TPSA) is 41.6 Å². The second-order valence-electron chi connectivity index (χ2n) is 7.42. The first kappa shape index (κ1) is 17.8. The highest BCUT2D eigenvalue weighted by Crippen LogP contribution is 2.22. The fourth-order valence-corrected chi connectivity index (χ4v) is 3.02. The number of hydrogen-bond donors (Lipinski definition) is 1. The lowest BCUT2D eigenvalue weighted by Gasteiger charge is -2.28. The van der Waals surface area contributed by atoms with E-state index in [-0.39, 0.29) is 6.09 Å². The van der Waals surface area contributed by atoms with E-state index in [0.717, 1.165) is 38.9 Å². The Bertz CT molecular complexity index is 522. The zero-order valence-electron chi connectivity index (χ0n) is 14.9. The van der Waals surface area contributed by atoms with E-state index < -0.39 is 5.60 Å². The van der Waals surface area contributed by atoms with Gasteiger partial charge in [-0.3, -0.25) is 0 Å². The van der Waals surface area contributed by atoms with Crippen LogP contribution in [0.4, 0.5) is 4.79 Å². The average Bonchev–Trinajstić information content (AvgIpc) is 2.90. The van der Waals surface area contributed by atoms with Crippen LogP contribution in [0.3, 0.4) is 0 Å². The molecular weight excluding hydrogens is 288 g/mol. The van der Waals surface area contributed by atoms with Gasteiger partial charge in [-0.25, -0.2) is 4.79 Å². The molecule has 0 aliphatic carbocycles. The average molecular weight is 318 g/mol. The van der Waals surface area contributed by atoms with Gasteiger partial charge < -0.3 is 15.0 Å². The highest BCUT2D eigenvalue weighted by atomic mass is 16.6. The van der Waals surface area contributed by atoms with Crippen LogP contribution in [0.15, 0.2) is 24.3 Å². The predicted octanol–water partition coefficient (Wildman–Crippen LogP) is 3.87. The third kappa shape index (κ3) is 5.87. The summed E-state index contributed by atoms with van der Waals surface area (Å²) in [5, 5.41) is 3.48. The van der Waals surface area contributed by atoms with Gasteiger partial charge >= 0.3 is 6.09 Å². The standard InChI is InChI=1S/C19H30N2O2/c1-15-7-5-8-16(13-15)14-20-11-10-17-9-6-12-21(17)18(22)23-19(2,3)4/h5,7-8,13,17,20H,6,9-12,14H2,1-4H3. The second-order valence-corrected chi connectivity index (χ2v) is 7.42. The fraction of sp³-hybridized carbons (Fsp3) is 0.632. The van der Waals surface area contributed by atoms with E-state index in [1.807, 2.05) is 25.7 Å². The minimum atomic E-state index is -0.423. The summed E-state index contributed by atoms with van der Waals surface area (Å²) >= 11 is 0. The Balaban J connectivity index is 1.75. The van der Waals surface area contributed by atoms with Gasteiger partial charge in [0, 0.05) is 19.1 Å². The van der Waals surface area contributed by atoms with E-state index in [1.165, 1.54) is 11.1 Å². The maximum atomic E-state index is 12.2. The molecule has 0 bridgehead atoms. The largest absolute Gasteiger partial charge is 0.444 e. The highest BCUT2D eigenvalue weighted by Gasteiger charge is 2.31. The van der Waals surface area contributed by atoms with Crippen LogP contribution in [0, 0.1) is 6.92 Å². The van der Waals surface area contributed by atoms with Crippen molar-refractivity contribution in [1.82, 2.24) is 10.2 Å². The van der Waals surface area contributed by atoms with E-state index in [1.54, 1.807) is 0 Å². The molecule has 1 unspecified atom stereocenters. The summed E-state index contributed by atoms with van der Waals surface area (Å²) in [5.74, 6) is 0. The smallest absolute Gasteiger partial charge is 0.410 e. The summed E-state index contributed by atoms with van der Waals surface area (Å²) in [4.78, 5) is 14.1. The monoisotopic (exact) mass is 318 g/mol. The summed E-state index contributed by atoms with van der Waals surface area (Å²) in [5.41, 5.74) is 2.17. The zero-order valence-corrected chi connectivity index (χ0v) is 14.9. The Morgan fingerprint density at radius 2 is 2.17 bits per heavy atom. The second kappa shape index (κ2) is 7.82. The number of nitrogens with zero attached hydrogens (tertiary/aromatic N) is 1. The van der Waals surface area contributed by atoms with Crippen LogP contribution in [0.1, 0.15) is 51.2 Å². The molecule has 128 valence electrons. The number of likely N-dealkylation sites (tertiary alicyclic amines) is 1. The van der Waals surface area contributed by atoms with Crippen molar-refractivity contribution in [3.05, 3.63) is 35.4 Å². The number of hydrogen-bond acceptors (Lipinski definition) is 3. The van der Waals surface area contributed by atoms with Crippen LogP contribution >= 0.6 is 0 Å². The lowest BCUT2D eigenvalue weighted by atomic mass is 10.1. The molecule has 0 aromatic heterocycles. The molecule has 1 aliphatic rings. The van der Waals surface area contributed by atoms with Crippen LogP contribution in [0.5, 0.6) is 0 Å². The van der Waals surface area contributed by atoms with Crippen LogP contribution < -0.4 is 5.32 Å². The summed E-state index contributed by atoms with van der Waals surface area (Å²) in [6.07, 6.45) is 2.96. The van der Waals surface area contributed by atoms with E-state index >= 15 is 0 Å². The van der Waals surface area contributed by atoms with Crippen LogP contribution in [-0.4, -0.2) is 35.7 Å². The summed E-state index contributed by atoms with van der Waals surface area (Å²) < 4.78 is 5.51. The van der Waals surface area contributed by atoms with Crippen molar-refractivity contribution in [2.75, 3.05) is 13.1 Å². The van der Waals surface area contributed by atoms with Crippen molar-refractivity contribution in [2.24, 2.45) is 0 Å². The number of aryl methyl sites for hydroxylation is 1. The molecule has 1 amide bonds. The van der Waals surface area contributed by atoms with Gasteiger partial charge in [0.15, 0.2) is 0 Å². The molecule has 1 aromatic rings. The molecule has 1 N–H and O–H groups in total. The van der Waals surface area contributed by atoms with Gasteiger partial charge in [0.1, 0.15) is 5.60 Å². The minimum Gasteiger partial charge on any atom is -0.444 e. The third-order valence-electron chi connectivity index (χ3n) is 4.07. The Labute approximate surface area is 140 Å². The van der Waals surface area contributed by atoms with E-state index in [0.29, 0.717) is 6.04 Å². The van der Waals surface area contributed by atoms with Crippen LogP contribution in [0.2, 0.25) is 0 Å². The van der Waals surface area contributed by atoms with Gasteiger partial charge in [-0.15, -0.1) is 0 Å². The van der Waals surface area contributed by atoms with Crippen molar-refractivity contribution in [2.45, 2.75) is 65.1 Å². The Kier molecular flexibility index (Phi) is 6.05. The van der Waals surface area contributed by atoms with Crippen LogP contribution in [-0.2, 0) is 11.3 Å². The van der Waals surface area contributed by atoms with Crippen molar-refractivity contribution >= 4 is 6.09 Å². The number of carbonyl (C=O) groups is 1. The number of amides is 1. The molecular formula is C19H30N2O2. The predicted molar refractivity (Wildman–Crippen MR) is 93.5 cm³/mol. The Hall–Kier alpha value is -1.55. The molecule has 2 rings (SSSR count). The molecule has 1 heterocycles. The molecule has 1 saturated heterocycles. The number of rotatable bonds is 5. The van der Waals surface area contributed by atoms with Crippen molar-refractivity contribution in [1.29, 1.82) is 0 Å². The van der Waals surface area contributed by atoms with Gasteiger partial charge in [-0.2, -0.15) is 0 Å². The van der Waals surface area contributed by atoms with Crippen molar-refractivity contribution < 1.29 is 9.53 Å². The number of carbonyl (C=O) groups excluding carboxylic acids is 1. The van der Waals surface area contributed by atoms with Crippen LogP contribution in [0.25, 0.3) is 0 Å². The molecule has 4 nitrogen and oxygen atoms in total. The first-order valence-electron chi connectivity index (χ1n) is 8.61.